The van der Waals surface area contributed by atoms with Crippen LogP contribution in [0.3, 0.4) is 0 Å². The number of rotatable bonds is 3. The zero-order chi connectivity index (χ0) is 13.9. The Kier molecular flexibility index (Phi) is 3.74. The number of nitrogens with zero attached hydrogens (tertiary/aromatic N) is 1. The summed E-state index contributed by atoms with van der Waals surface area (Å²) in [6.07, 6.45) is 5.65. The Bertz CT molecular complexity index is 642. The predicted octanol–water partition coefficient (Wildman–Crippen LogP) is 3.22. The third kappa shape index (κ3) is 2.43. The van der Waals surface area contributed by atoms with Crippen LogP contribution in [0.25, 0.3) is 0 Å². The van der Waals surface area contributed by atoms with Crippen LogP contribution in [-0.2, 0) is 6.42 Å². The molecule has 3 rings (SSSR count). The number of carbonyl (C=O) groups excluding carboxylic acids is 1. The van der Waals surface area contributed by atoms with E-state index in [2.05, 4.69) is 28.5 Å². The smallest absolute Gasteiger partial charge is 0.254 e. The molecule has 102 valence electrons. The van der Waals surface area contributed by atoms with Gasteiger partial charge in [0.05, 0.1) is 11.6 Å². The Labute approximate surface area is 122 Å². The molecule has 1 aliphatic rings. The zero-order valence-electron chi connectivity index (χ0n) is 11.3. The Morgan fingerprint density at radius 1 is 1.30 bits per heavy atom. The molecule has 0 radical (unpaired) electrons. The summed E-state index contributed by atoms with van der Waals surface area (Å²) in [5.41, 5.74) is 3.24. The first-order valence-electron chi connectivity index (χ1n) is 6.67. The second-order valence-electron chi connectivity index (χ2n) is 4.82. The summed E-state index contributed by atoms with van der Waals surface area (Å²) in [5, 5.41) is 3.91. The number of aryl methyl sites for hydroxylation is 1. The molecule has 0 aliphatic heterocycles. The minimum atomic E-state index is -0.0378. The number of fused-ring (bicyclic) bond motifs is 1. The fourth-order valence-corrected chi connectivity index (χ4v) is 3.22. The van der Waals surface area contributed by atoms with Gasteiger partial charge in [-0.25, -0.2) is 4.98 Å². The molecule has 1 heterocycles. The van der Waals surface area contributed by atoms with E-state index in [1.54, 1.807) is 12.3 Å². The minimum absolute atomic E-state index is 0.0378. The lowest BCUT2D eigenvalue weighted by Crippen LogP contribution is -2.27. The molecule has 1 aromatic carbocycles. The van der Waals surface area contributed by atoms with Crippen LogP contribution in [0.1, 0.15) is 33.9 Å². The largest absolute Gasteiger partial charge is 0.345 e. The third-order valence-corrected chi connectivity index (χ3v) is 4.36. The molecule has 1 aliphatic carbocycles. The number of hydrogen-bond donors (Lipinski definition) is 1. The fraction of sp³-hybridized carbons (Fsp3) is 0.250. The summed E-state index contributed by atoms with van der Waals surface area (Å²) in [5.74, 6) is -0.0378. The van der Waals surface area contributed by atoms with Crippen molar-refractivity contribution in [1.82, 2.24) is 10.3 Å². The quantitative estimate of drug-likeness (QED) is 0.880. The molecule has 1 N–H and O–H groups in total. The highest BCUT2D eigenvalue weighted by molar-refractivity contribution is 7.98. The zero-order valence-corrected chi connectivity index (χ0v) is 12.1. The van der Waals surface area contributed by atoms with E-state index < -0.39 is 0 Å². The molecule has 20 heavy (non-hydrogen) atoms. The monoisotopic (exact) mass is 284 g/mol. The average molecular weight is 284 g/mol. The molecule has 2 aromatic rings. The van der Waals surface area contributed by atoms with Crippen molar-refractivity contribution in [2.75, 3.05) is 6.26 Å². The van der Waals surface area contributed by atoms with Crippen LogP contribution in [0.2, 0.25) is 0 Å². The summed E-state index contributed by atoms with van der Waals surface area (Å²) in [6.45, 7) is 0. The van der Waals surface area contributed by atoms with Gasteiger partial charge in [0.2, 0.25) is 0 Å². The van der Waals surface area contributed by atoms with Crippen LogP contribution in [0.4, 0.5) is 0 Å². The standard InChI is InChI=1S/C16H16N2OS/c1-20-16-13(7-4-10-17-16)15(19)18-14-9-8-11-5-2-3-6-12(11)14/h2-7,10,14H,8-9H2,1H3,(H,18,19)/t14-/m1/s1. The van der Waals surface area contributed by atoms with Gasteiger partial charge in [0.25, 0.3) is 5.91 Å². The van der Waals surface area contributed by atoms with E-state index in [0.717, 1.165) is 17.9 Å². The first-order valence-corrected chi connectivity index (χ1v) is 7.89. The third-order valence-electron chi connectivity index (χ3n) is 3.65. The summed E-state index contributed by atoms with van der Waals surface area (Å²) in [4.78, 5) is 16.7. The molecule has 0 saturated carbocycles. The van der Waals surface area contributed by atoms with Crippen molar-refractivity contribution < 1.29 is 4.79 Å². The van der Waals surface area contributed by atoms with Crippen molar-refractivity contribution in [3.63, 3.8) is 0 Å². The van der Waals surface area contributed by atoms with Crippen molar-refractivity contribution >= 4 is 17.7 Å². The van der Waals surface area contributed by atoms with E-state index in [-0.39, 0.29) is 11.9 Å². The number of aromatic nitrogens is 1. The topological polar surface area (TPSA) is 42.0 Å². The van der Waals surface area contributed by atoms with Gasteiger partial charge in [-0.15, -0.1) is 11.8 Å². The highest BCUT2D eigenvalue weighted by Gasteiger charge is 2.24. The van der Waals surface area contributed by atoms with Crippen molar-refractivity contribution in [3.05, 3.63) is 59.3 Å². The number of carbonyl (C=O) groups is 1. The lowest BCUT2D eigenvalue weighted by Gasteiger charge is -2.15. The highest BCUT2D eigenvalue weighted by Crippen LogP contribution is 2.31. The maximum Gasteiger partial charge on any atom is 0.254 e. The van der Waals surface area contributed by atoms with Crippen molar-refractivity contribution in [1.29, 1.82) is 0 Å². The van der Waals surface area contributed by atoms with Gasteiger partial charge < -0.3 is 5.32 Å². The van der Waals surface area contributed by atoms with Crippen molar-refractivity contribution in [2.45, 2.75) is 23.9 Å². The van der Waals surface area contributed by atoms with Crippen molar-refractivity contribution in [3.8, 4) is 0 Å². The van der Waals surface area contributed by atoms with Gasteiger partial charge >= 0.3 is 0 Å². The molecule has 0 bridgehead atoms. The van der Waals surface area contributed by atoms with E-state index in [1.807, 2.05) is 18.4 Å². The molecule has 0 spiro atoms. The number of amides is 1. The second kappa shape index (κ2) is 5.67. The molecule has 0 unspecified atom stereocenters. The number of pyridine rings is 1. The first-order chi connectivity index (χ1) is 9.79. The number of hydrogen-bond acceptors (Lipinski definition) is 3. The van der Waals surface area contributed by atoms with Gasteiger partial charge in [-0.3, -0.25) is 4.79 Å². The summed E-state index contributed by atoms with van der Waals surface area (Å²) < 4.78 is 0. The molecule has 1 amide bonds. The van der Waals surface area contributed by atoms with E-state index in [1.165, 1.54) is 22.9 Å². The Morgan fingerprint density at radius 3 is 3.00 bits per heavy atom. The lowest BCUT2D eigenvalue weighted by molar-refractivity contribution is 0.0933. The van der Waals surface area contributed by atoms with Gasteiger partial charge in [0.1, 0.15) is 5.03 Å². The summed E-state index contributed by atoms with van der Waals surface area (Å²) >= 11 is 1.50. The Balaban J connectivity index is 1.81. The van der Waals surface area contributed by atoms with Crippen LogP contribution in [0.15, 0.2) is 47.6 Å². The van der Waals surface area contributed by atoms with Crippen LogP contribution >= 0.6 is 11.8 Å². The van der Waals surface area contributed by atoms with E-state index in [9.17, 15) is 4.79 Å². The molecule has 3 nitrogen and oxygen atoms in total. The maximum absolute atomic E-state index is 12.4. The molecule has 0 fully saturated rings. The van der Waals surface area contributed by atoms with E-state index in [0.29, 0.717) is 5.56 Å². The molecule has 1 atom stereocenters. The molecule has 0 saturated heterocycles. The molecular formula is C16H16N2OS. The molecule has 4 heteroatoms. The highest BCUT2D eigenvalue weighted by atomic mass is 32.2. The Morgan fingerprint density at radius 2 is 2.15 bits per heavy atom. The SMILES string of the molecule is CSc1ncccc1C(=O)N[C@@H]1CCc2ccccc21. The van der Waals surface area contributed by atoms with Gasteiger partial charge in [-0.05, 0) is 42.4 Å². The maximum atomic E-state index is 12.4. The van der Waals surface area contributed by atoms with Crippen LogP contribution < -0.4 is 5.32 Å². The predicted molar refractivity (Wildman–Crippen MR) is 81.0 cm³/mol. The normalized spacial score (nSPS) is 16.8. The minimum Gasteiger partial charge on any atom is -0.345 e. The molecular weight excluding hydrogens is 268 g/mol. The van der Waals surface area contributed by atoms with E-state index >= 15 is 0 Å². The van der Waals surface area contributed by atoms with Gasteiger partial charge in [-0.2, -0.15) is 0 Å². The lowest BCUT2D eigenvalue weighted by atomic mass is 10.1. The Hall–Kier alpha value is -1.81. The number of nitrogens with one attached hydrogen (secondary N) is 1. The first kappa shape index (κ1) is 13.2. The summed E-state index contributed by atoms with van der Waals surface area (Å²) in [6, 6.07) is 12.1. The van der Waals surface area contributed by atoms with Crippen LogP contribution in [0.5, 0.6) is 0 Å². The van der Waals surface area contributed by atoms with Gasteiger partial charge in [0.15, 0.2) is 0 Å². The number of thioether (sulfide) groups is 1. The van der Waals surface area contributed by atoms with E-state index in [4.69, 9.17) is 0 Å². The summed E-state index contributed by atoms with van der Waals surface area (Å²) in [7, 11) is 0. The average Bonchev–Trinajstić information content (AvgIpc) is 2.90. The number of benzene rings is 1. The fourth-order valence-electron chi connectivity index (χ4n) is 2.67. The van der Waals surface area contributed by atoms with Crippen molar-refractivity contribution in [2.24, 2.45) is 0 Å². The van der Waals surface area contributed by atoms with Crippen LogP contribution in [0, 0.1) is 0 Å². The van der Waals surface area contributed by atoms with Gasteiger partial charge in [-0.1, -0.05) is 24.3 Å². The van der Waals surface area contributed by atoms with Crippen LogP contribution in [-0.4, -0.2) is 17.1 Å². The van der Waals surface area contributed by atoms with Gasteiger partial charge in [0, 0.05) is 6.20 Å². The second-order valence-corrected chi connectivity index (χ2v) is 5.62. The molecule has 1 aromatic heterocycles.